The van der Waals surface area contributed by atoms with Gasteiger partial charge in [0.15, 0.2) is 11.2 Å². The number of ether oxygens (including phenoxy) is 1. The van der Waals surface area contributed by atoms with Gasteiger partial charge in [-0.05, 0) is 68.4 Å². The molecule has 29 heavy (non-hydrogen) atoms. The number of carbonyl (C=O) groups is 1. The van der Waals surface area contributed by atoms with Crippen LogP contribution in [0, 0.1) is 0 Å². The minimum atomic E-state index is -1.08. The fourth-order valence-electron chi connectivity index (χ4n) is 2.83. The van der Waals surface area contributed by atoms with Crippen molar-refractivity contribution < 1.29 is 13.9 Å². The van der Waals surface area contributed by atoms with Crippen LogP contribution < -0.4 is 10.1 Å². The largest absolute Gasteiger partial charge is 0.478 e. The number of halogens is 1. The van der Waals surface area contributed by atoms with Gasteiger partial charge >= 0.3 is 0 Å². The molecule has 4 aromatic rings. The zero-order valence-corrected chi connectivity index (χ0v) is 16.7. The Balaban J connectivity index is 1.52. The number of nitrogens with one attached hydrogen (secondary N) is 1. The molecule has 0 atom stereocenters. The molecule has 0 saturated carbocycles. The van der Waals surface area contributed by atoms with Gasteiger partial charge in [0.2, 0.25) is 5.89 Å². The molecule has 5 nitrogen and oxygen atoms in total. The summed E-state index contributed by atoms with van der Waals surface area (Å²) in [5, 5.41) is 3.49. The number of rotatable bonds is 5. The summed E-state index contributed by atoms with van der Waals surface area (Å²) < 4.78 is 11.6. The second kappa shape index (κ2) is 7.60. The van der Waals surface area contributed by atoms with Crippen molar-refractivity contribution in [1.29, 1.82) is 0 Å². The summed E-state index contributed by atoms with van der Waals surface area (Å²) in [7, 11) is 0. The molecule has 0 radical (unpaired) electrons. The second-order valence-corrected chi connectivity index (χ2v) is 7.52. The third-order valence-electron chi connectivity index (χ3n) is 4.40. The van der Waals surface area contributed by atoms with Gasteiger partial charge in [-0.15, -0.1) is 0 Å². The van der Waals surface area contributed by atoms with Crippen molar-refractivity contribution in [2.45, 2.75) is 19.4 Å². The van der Waals surface area contributed by atoms with Gasteiger partial charge in [-0.3, -0.25) is 4.79 Å². The van der Waals surface area contributed by atoms with E-state index >= 15 is 0 Å². The molecular weight excluding hydrogens is 388 g/mol. The third-order valence-corrected chi connectivity index (χ3v) is 4.65. The SMILES string of the molecule is CC(C)(Oc1ccc(Cl)cc1)C(=O)Nc1ccc2oc(-c3ccccc3)nc2c1. The molecule has 0 aliphatic carbocycles. The van der Waals surface area contributed by atoms with Gasteiger partial charge in [-0.1, -0.05) is 29.8 Å². The number of hydrogen-bond acceptors (Lipinski definition) is 4. The van der Waals surface area contributed by atoms with Crippen molar-refractivity contribution in [3.8, 4) is 17.2 Å². The molecule has 0 fully saturated rings. The molecule has 0 spiro atoms. The minimum Gasteiger partial charge on any atom is -0.478 e. The normalized spacial score (nSPS) is 11.4. The standard InChI is InChI=1S/C23H19ClN2O3/c1-23(2,29-18-11-8-16(24)9-12-18)22(27)25-17-10-13-20-19(14-17)26-21(28-20)15-6-4-3-5-7-15/h3-14H,1-2H3,(H,25,27). The Morgan fingerprint density at radius 3 is 2.48 bits per heavy atom. The molecule has 1 amide bonds. The predicted molar refractivity (Wildman–Crippen MR) is 114 cm³/mol. The van der Waals surface area contributed by atoms with Crippen LogP contribution in [0.2, 0.25) is 5.02 Å². The van der Waals surface area contributed by atoms with Gasteiger partial charge in [0.05, 0.1) is 0 Å². The zero-order chi connectivity index (χ0) is 20.4. The third kappa shape index (κ3) is 4.25. The van der Waals surface area contributed by atoms with Crippen LogP contribution in [0.4, 0.5) is 5.69 Å². The molecule has 6 heteroatoms. The number of nitrogens with zero attached hydrogens (tertiary/aromatic N) is 1. The quantitative estimate of drug-likeness (QED) is 0.445. The van der Waals surface area contributed by atoms with Gasteiger partial charge in [-0.2, -0.15) is 0 Å². The molecule has 4 rings (SSSR count). The van der Waals surface area contributed by atoms with E-state index in [4.69, 9.17) is 20.8 Å². The highest BCUT2D eigenvalue weighted by Gasteiger charge is 2.30. The van der Waals surface area contributed by atoms with Crippen LogP contribution in [0.5, 0.6) is 5.75 Å². The van der Waals surface area contributed by atoms with E-state index in [1.54, 1.807) is 56.3 Å². The molecule has 146 valence electrons. The first-order valence-corrected chi connectivity index (χ1v) is 9.50. The molecule has 1 N–H and O–H groups in total. The van der Waals surface area contributed by atoms with E-state index in [1.165, 1.54) is 0 Å². The van der Waals surface area contributed by atoms with Crippen molar-refractivity contribution in [1.82, 2.24) is 4.98 Å². The minimum absolute atomic E-state index is 0.279. The van der Waals surface area contributed by atoms with Crippen LogP contribution in [-0.2, 0) is 4.79 Å². The Bertz CT molecular complexity index is 1150. The topological polar surface area (TPSA) is 64.4 Å². The summed E-state index contributed by atoms with van der Waals surface area (Å²) >= 11 is 5.89. The van der Waals surface area contributed by atoms with E-state index in [-0.39, 0.29) is 5.91 Å². The smallest absolute Gasteiger partial charge is 0.267 e. The Kier molecular flexibility index (Phi) is 4.99. The van der Waals surface area contributed by atoms with Crippen LogP contribution in [0.1, 0.15) is 13.8 Å². The van der Waals surface area contributed by atoms with E-state index in [1.807, 2.05) is 30.3 Å². The van der Waals surface area contributed by atoms with E-state index in [0.717, 1.165) is 5.56 Å². The first-order chi connectivity index (χ1) is 13.9. The van der Waals surface area contributed by atoms with E-state index in [2.05, 4.69) is 10.3 Å². The molecular formula is C23H19ClN2O3. The average Bonchev–Trinajstić information content (AvgIpc) is 3.14. The zero-order valence-electron chi connectivity index (χ0n) is 16.0. The van der Waals surface area contributed by atoms with Crippen LogP contribution in [-0.4, -0.2) is 16.5 Å². The van der Waals surface area contributed by atoms with Crippen molar-refractivity contribution >= 4 is 34.3 Å². The van der Waals surface area contributed by atoms with Gasteiger partial charge in [0.25, 0.3) is 5.91 Å². The monoisotopic (exact) mass is 406 g/mol. The van der Waals surface area contributed by atoms with Crippen molar-refractivity contribution in [3.05, 3.63) is 77.8 Å². The van der Waals surface area contributed by atoms with E-state index < -0.39 is 5.60 Å². The number of hydrogen-bond donors (Lipinski definition) is 1. The second-order valence-electron chi connectivity index (χ2n) is 7.09. The fourth-order valence-corrected chi connectivity index (χ4v) is 2.96. The number of aromatic nitrogens is 1. The molecule has 0 saturated heterocycles. The number of oxazole rings is 1. The van der Waals surface area contributed by atoms with E-state index in [9.17, 15) is 4.79 Å². The lowest BCUT2D eigenvalue weighted by Gasteiger charge is -2.25. The molecule has 0 aliphatic rings. The lowest BCUT2D eigenvalue weighted by molar-refractivity contribution is -0.128. The van der Waals surface area contributed by atoms with Crippen molar-refractivity contribution in [2.75, 3.05) is 5.32 Å². The van der Waals surface area contributed by atoms with Gasteiger partial charge in [0.1, 0.15) is 11.3 Å². The summed E-state index contributed by atoms with van der Waals surface area (Å²) in [5.74, 6) is 0.822. The van der Waals surface area contributed by atoms with Gasteiger partial charge in [-0.25, -0.2) is 4.98 Å². The Morgan fingerprint density at radius 1 is 1.03 bits per heavy atom. The molecule has 0 aliphatic heterocycles. The molecule has 0 bridgehead atoms. The maximum absolute atomic E-state index is 12.8. The van der Waals surface area contributed by atoms with Crippen molar-refractivity contribution in [3.63, 3.8) is 0 Å². The van der Waals surface area contributed by atoms with Crippen LogP contribution in [0.15, 0.2) is 77.2 Å². The Morgan fingerprint density at radius 2 is 1.76 bits per heavy atom. The number of anilines is 1. The summed E-state index contributed by atoms with van der Waals surface area (Å²) in [6.07, 6.45) is 0. The highest BCUT2D eigenvalue weighted by Crippen LogP contribution is 2.27. The average molecular weight is 407 g/mol. The lowest BCUT2D eigenvalue weighted by atomic mass is 10.1. The van der Waals surface area contributed by atoms with Crippen LogP contribution >= 0.6 is 11.6 Å². The highest BCUT2D eigenvalue weighted by atomic mass is 35.5. The van der Waals surface area contributed by atoms with Crippen LogP contribution in [0.25, 0.3) is 22.6 Å². The molecule has 0 unspecified atom stereocenters. The number of benzene rings is 3. The number of fused-ring (bicyclic) bond motifs is 1. The van der Waals surface area contributed by atoms with E-state index in [0.29, 0.717) is 33.4 Å². The molecule has 3 aromatic carbocycles. The fraction of sp³-hybridized carbons (Fsp3) is 0.130. The van der Waals surface area contributed by atoms with Gasteiger partial charge in [0, 0.05) is 16.3 Å². The maximum atomic E-state index is 12.8. The molecule has 1 aromatic heterocycles. The predicted octanol–water partition coefficient (Wildman–Crippen LogP) is 5.94. The van der Waals surface area contributed by atoms with Crippen LogP contribution in [0.3, 0.4) is 0 Å². The maximum Gasteiger partial charge on any atom is 0.267 e. The Hall–Kier alpha value is -3.31. The number of amides is 1. The first kappa shape index (κ1) is 19.0. The highest BCUT2D eigenvalue weighted by molar-refractivity contribution is 6.30. The van der Waals surface area contributed by atoms with Crippen molar-refractivity contribution in [2.24, 2.45) is 0 Å². The summed E-state index contributed by atoms with van der Waals surface area (Å²) in [5.41, 5.74) is 1.74. The number of carbonyl (C=O) groups excluding carboxylic acids is 1. The first-order valence-electron chi connectivity index (χ1n) is 9.13. The molecule has 1 heterocycles. The summed E-state index contributed by atoms with van der Waals surface area (Å²) in [6, 6.07) is 21.9. The lowest BCUT2D eigenvalue weighted by Crippen LogP contribution is -2.42. The summed E-state index contributed by atoms with van der Waals surface area (Å²) in [4.78, 5) is 17.3. The van der Waals surface area contributed by atoms with Gasteiger partial charge < -0.3 is 14.5 Å². The summed E-state index contributed by atoms with van der Waals surface area (Å²) in [6.45, 7) is 3.41. The Labute approximate surface area is 173 Å².